The van der Waals surface area contributed by atoms with E-state index in [0.29, 0.717) is 13.1 Å². The van der Waals surface area contributed by atoms with Crippen molar-refractivity contribution in [2.75, 3.05) is 31.6 Å². The summed E-state index contributed by atoms with van der Waals surface area (Å²) in [5.74, 6) is 0.733. The molecule has 0 spiro atoms. The van der Waals surface area contributed by atoms with Gasteiger partial charge in [-0.25, -0.2) is 4.98 Å². The maximum absolute atomic E-state index is 11.2. The number of aliphatic hydroxyl groups is 2. The summed E-state index contributed by atoms with van der Waals surface area (Å²) in [7, 11) is 1.94. The Morgan fingerprint density at radius 1 is 1.11 bits per heavy atom. The molecular weight excluding hydrogens is 350 g/mol. The summed E-state index contributed by atoms with van der Waals surface area (Å²) in [5.41, 5.74) is 2.15. The average Bonchev–Trinajstić information content (AvgIpc) is 3.07. The highest BCUT2D eigenvalue weighted by molar-refractivity contribution is 5.81. The highest BCUT2D eigenvalue weighted by atomic mass is 16.3. The van der Waals surface area contributed by atoms with Crippen LogP contribution in [0, 0.1) is 0 Å². The number of pyridine rings is 1. The second-order valence-electron chi connectivity index (χ2n) is 7.85. The lowest BCUT2D eigenvalue weighted by molar-refractivity contribution is 0.0560. The van der Waals surface area contributed by atoms with Crippen molar-refractivity contribution in [2.24, 2.45) is 0 Å². The molecule has 1 aromatic heterocycles. The van der Waals surface area contributed by atoms with Crippen LogP contribution in [0.4, 0.5) is 5.82 Å². The first kappa shape index (κ1) is 18.9. The fourth-order valence-electron chi connectivity index (χ4n) is 4.16. The Kier molecular flexibility index (Phi) is 5.31. The van der Waals surface area contributed by atoms with E-state index in [1.807, 2.05) is 60.5 Å². The van der Waals surface area contributed by atoms with Gasteiger partial charge in [-0.05, 0) is 24.1 Å². The molecule has 1 aliphatic rings. The summed E-state index contributed by atoms with van der Waals surface area (Å²) in [4.78, 5) is 9.02. The van der Waals surface area contributed by atoms with Crippen LogP contribution in [0.1, 0.15) is 17.5 Å². The second-order valence-corrected chi connectivity index (χ2v) is 7.85. The molecule has 1 saturated heterocycles. The smallest absolute Gasteiger partial charge is 0.134 e. The number of aliphatic hydroxyl groups excluding tert-OH is 1. The first-order valence-electron chi connectivity index (χ1n) is 9.76. The van der Waals surface area contributed by atoms with Gasteiger partial charge in [0.1, 0.15) is 5.82 Å². The van der Waals surface area contributed by atoms with Crippen LogP contribution < -0.4 is 4.90 Å². The Morgan fingerprint density at radius 2 is 1.86 bits per heavy atom. The van der Waals surface area contributed by atoms with E-state index >= 15 is 0 Å². The highest BCUT2D eigenvalue weighted by Crippen LogP contribution is 2.28. The average molecular weight is 377 g/mol. The van der Waals surface area contributed by atoms with Gasteiger partial charge in [0, 0.05) is 44.2 Å². The highest BCUT2D eigenvalue weighted by Gasteiger charge is 2.37. The third-order valence-corrected chi connectivity index (χ3v) is 5.50. The van der Waals surface area contributed by atoms with Gasteiger partial charge in [-0.2, -0.15) is 0 Å². The van der Waals surface area contributed by atoms with Crippen molar-refractivity contribution in [3.8, 4) is 0 Å². The largest absolute Gasteiger partial charge is 0.392 e. The summed E-state index contributed by atoms with van der Waals surface area (Å²) in [6, 6.07) is 20.2. The van der Waals surface area contributed by atoms with Crippen molar-refractivity contribution >= 4 is 16.7 Å². The number of para-hydroxylation sites is 1. The lowest BCUT2D eigenvalue weighted by Crippen LogP contribution is -2.44. The summed E-state index contributed by atoms with van der Waals surface area (Å²) in [6.45, 7) is 2.77. The van der Waals surface area contributed by atoms with Crippen LogP contribution >= 0.6 is 0 Å². The maximum atomic E-state index is 11.2. The second kappa shape index (κ2) is 7.87. The van der Waals surface area contributed by atoms with Crippen molar-refractivity contribution in [1.29, 1.82) is 0 Å². The Labute approximate surface area is 165 Å². The molecule has 2 heterocycles. The molecule has 3 aromatic rings. The molecule has 146 valence electrons. The first-order chi connectivity index (χ1) is 13.6. The molecule has 4 rings (SSSR count). The standard InChI is InChI=1S/C23H27N3O2/c1-25(22-20(15-27)13-19-9-5-6-10-21(19)24-22)16-23(28)11-12-26(17-23)14-18-7-3-2-4-8-18/h2-10,13,27-28H,11-12,14-17H2,1H3. The number of fused-ring (bicyclic) bond motifs is 1. The lowest BCUT2D eigenvalue weighted by Gasteiger charge is -2.31. The van der Waals surface area contributed by atoms with Crippen LogP contribution in [-0.4, -0.2) is 52.4 Å². The van der Waals surface area contributed by atoms with Gasteiger partial charge in [0.15, 0.2) is 0 Å². The summed E-state index contributed by atoms with van der Waals surface area (Å²) < 4.78 is 0. The van der Waals surface area contributed by atoms with Crippen LogP contribution in [0.25, 0.3) is 10.9 Å². The molecule has 1 aliphatic heterocycles. The Balaban J connectivity index is 1.48. The van der Waals surface area contributed by atoms with Crippen molar-refractivity contribution < 1.29 is 10.2 Å². The molecule has 5 nitrogen and oxygen atoms in total. The molecule has 2 aromatic carbocycles. The SMILES string of the molecule is CN(CC1(O)CCN(Cc2ccccc2)C1)c1nc2ccccc2cc1CO. The van der Waals surface area contributed by atoms with Crippen molar-refractivity contribution in [2.45, 2.75) is 25.2 Å². The van der Waals surface area contributed by atoms with Gasteiger partial charge in [0.25, 0.3) is 0 Å². The zero-order chi connectivity index (χ0) is 19.6. The number of nitrogens with zero attached hydrogens (tertiary/aromatic N) is 3. The van der Waals surface area contributed by atoms with Gasteiger partial charge in [0.05, 0.1) is 17.7 Å². The molecule has 0 radical (unpaired) electrons. The topological polar surface area (TPSA) is 59.8 Å². The molecule has 28 heavy (non-hydrogen) atoms. The summed E-state index contributed by atoms with van der Waals surface area (Å²) in [6.07, 6.45) is 0.728. The van der Waals surface area contributed by atoms with Gasteiger partial charge in [0.2, 0.25) is 0 Å². The monoisotopic (exact) mass is 377 g/mol. The summed E-state index contributed by atoms with van der Waals surface area (Å²) in [5, 5.41) is 22.0. The minimum absolute atomic E-state index is 0.0733. The van der Waals surface area contributed by atoms with Crippen LogP contribution in [0.3, 0.4) is 0 Å². The zero-order valence-electron chi connectivity index (χ0n) is 16.3. The van der Waals surface area contributed by atoms with Crippen LogP contribution in [0.5, 0.6) is 0 Å². The fraction of sp³-hybridized carbons (Fsp3) is 0.348. The lowest BCUT2D eigenvalue weighted by atomic mass is 10.0. The van der Waals surface area contributed by atoms with Gasteiger partial charge in [-0.1, -0.05) is 48.5 Å². The number of hydrogen-bond donors (Lipinski definition) is 2. The molecular formula is C23H27N3O2. The van der Waals surface area contributed by atoms with Crippen LogP contribution in [0.15, 0.2) is 60.7 Å². The van der Waals surface area contributed by atoms with Crippen molar-refractivity contribution in [3.05, 3.63) is 71.8 Å². The molecule has 0 bridgehead atoms. The maximum Gasteiger partial charge on any atom is 0.134 e. The fourth-order valence-corrected chi connectivity index (χ4v) is 4.16. The van der Waals surface area contributed by atoms with E-state index in [0.717, 1.165) is 41.8 Å². The van der Waals surface area contributed by atoms with E-state index in [1.54, 1.807) is 0 Å². The molecule has 5 heteroatoms. The molecule has 1 unspecified atom stereocenters. The molecule has 1 fully saturated rings. The number of likely N-dealkylation sites (N-methyl/N-ethyl adjacent to an activating group) is 1. The summed E-state index contributed by atoms with van der Waals surface area (Å²) >= 11 is 0. The van der Waals surface area contributed by atoms with E-state index in [1.165, 1.54) is 5.56 Å². The van der Waals surface area contributed by atoms with E-state index in [4.69, 9.17) is 4.98 Å². The molecule has 0 amide bonds. The van der Waals surface area contributed by atoms with Crippen LogP contribution in [-0.2, 0) is 13.2 Å². The minimum Gasteiger partial charge on any atom is -0.392 e. The minimum atomic E-state index is -0.788. The van der Waals surface area contributed by atoms with E-state index in [9.17, 15) is 10.2 Å². The van der Waals surface area contributed by atoms with E-state index < -0.39 is 5.60 Å². The van der Waals surface area contributed by atoms with Gasteiger partial charge < -0.3 is 15.1 Å². The molecule has 0 aliphatic carbocycles. The number of β-amino-alcohol motifs (C(OH)–C–C–N with tert-alkyl or cyclic N) is 1. The Morgan fingerprint density at radius 3 is 2.64 bits per heavy atom. The van der Waals surface area contributed by atoms with Gasteiger partial charge in [-0.15, -0.1) is 0 Å². The normalized spacial score (nSPS) is 20.0. The van der Waals surface area contributed by atoms with Crippen LogP contribution in [0.2, 0.25) is 0 Å². The Bertz CT molecular complexity index is 947. The van der Waals surface area contributed by atoms with Crippen molar-refractivity contribution in [3.63, 3.8) is 0 Å². The number of likely N-dealkylation sites (tertiary alicyclic amines) is 1. The number of aromatic nitrogens is 1. The third-order valence-electron chi connectivity index (χ3n) is 5.50. The van der Waals surface area contributed by atoms with Crippen molar-refractivity contribution in [1.82, 2.24) is 9.88 Å². The predicted molar refractivity (Wildman–Crippen MR) is 112 cm³/mol. The first-order valence-corrected chi connectivity index (χ1v) is 9.76. The molecule has 1 atom stereocenters. The van der Waals surface area contributed by atoms with E-state index in [-0.39, 0.29) is 6.61 Å². The predicted octanol–water partition coefficient (Wildman–Crippen LogP) is 2.80. The Hall–Kier alpha value is -2.47. The molecule has 0 saturated carbocycles. The number of hydrogen-bond acceptors (Lipinski definition) is 5. The third kappa shape index (κ3) is 4.02. The quantitative estimate of drug-likeness (QED) is 0.692. The van der Waals surface area contributed by atoms with Gasteiger partial charge >= 0.3 is 0 Å². The number of benzene rings is 2. The number of rotatable bonds is 6. The van der Waals surface area contributed by atoms with Gasteiger partial charge in [-0.3, -0.25) is 4.90 Å². The van der Waals surface area contributed by atoms with E-state index in [2.05, 4.69) is 17.0 Å². The molecule has 2 N–H and O–H groups in total. The number of anilines is 1. The zero-order valence-corrected chi connectivity index (χ0v) is 16.3.